The highest BCUT2D eigenvalue weighted by Gasteiger charge is 2.60. The number of Topliss-reactive ketones (excluding diaryl/α,β-unsaturated/α-hetero) is 1. The maximum atomic E-state index is 12.0. The normalized spacial score (nSPS) is 49.5. The van der Waals surface area contributed by atoms with Gasteiger partial charge in [0.1, 0.15) is 5.78 Å². The van der Waals surface area contributed by atoms with Gasteiger partial charge in [-0.2, -0.15) is 0 Å². The van der Waals surface area contributed by atoms with Gasteiger partial charge in [-0.3, -0.25) is 9.59 Å². The molecule has 0 aromatic carbocycles. The number of ether oxygens (including phenoxy) is 1. The Labute approximate surface area is 94.0 Å². The lowest BCUT2D eigenvalue weighted by atomic mass is 9.50. The van der Waals surface area contributed by atoms with E-state index in [-0.39, 0.29) is 35.4 Å². The van der Waals surface area contributed by atoms with Crippen LogP contribution in [0.25, 0.3) is 0 Å². The second kappa shape index (κ2) is 3.29. The standard InChI is InChI=1S/C12H16O4/c1-16-12(15)8-5-2-6-4-7(3-5)11(14)9(8)10(6)13/h5-10,13H,2-4H2,1H3/t5-,6+,7-,8+,9+,10+/m0/s1. The van der Waals surface area contributed by atoms with Crippen molar-refractivity contribution in [3.63, 3.8) is 0 Å². The number of hydrogen-bond acceptors (Lipinski definition) is 4. The number of carbonyl (C=O) groups excluding carboxylic acids is 2. The van der Waals surface area contributed by atoms with Crippen molar-refractivity contribution in [1.82, 2.24) is 0 Å². The third-order valence-corrected chi connectivity index (χ3v) is 4.73. The topological polar surface area (TPSA) is 63.6 Å². The number of ketones is 1. The Morgan fingerprint density at radius 2 is 2.00 bits per heavy atom. The summed E-state index contributed by atoms with van der Waals surface area (Å²) in [6.45, 7) is 0. The van der Waals surface area contributed by atoms with Gasteiger partial charge in [0, 0.05) is 5.92 Å². The molecule has 4 aliphatic carbocycles. The van der Waals surface area contributed by atoms with Crippen LogP contribution in [0.2, 0.25) is 0 Å². The van der Waals surface area contributed by atoms with E-state index in [1.807, 2.05) is 0 Å². The van der Waals surface area contributed by atoms with Crippen molar-refractivity contribution in [2.75, 3.05) is 7.11 Å². The fourth-order valence-corrected chi connectivity index (χ4v) is 4.10. The van der Waals surface area contributed by atoms with E-state index in [0.29, 0.717) is 0 Å². The molecule has 88 valence electrons. The summed E-state index contributed by atoms with van der Waals surface area (Å²) < 4.78 is 4.77. The summed E-state index contributed by atoms with van der Waals surface area (Å²) in [5.74, 6) is -0.520. The summed E-state index contributed by atoms with van der Waals surface area (Å²) in [4.78, 5) is 23.8. The molecule has 4 aliphatic rings. The molecule has 0 spiro atoms. The molecule has 4 nitrogen and oxygen atoms in total. The summed E-state index contributed by atoms with van der Waals surface area (Å²) in [6.07, 6.45) is 1.89. The van der Waals surface area contributed by atoms with Crippen molar-refractivity contribution >= 4 is 11.8 Å². The van der Waals surface area contributed by atoms with Crippen LogP contribution in [-0.2, 0) is 14.3 Å². The molecule has 0 aromatic rings. The molecule has 6 atom stereocenters. The predicted octanol–water partition coefficient (Wildman–Crippen LogP) is 0.381. The highest BCUT2D eigenvalue weighted by molar-refractivity contribution is 5.91. The smallest absolute Gasteiger partial charge is 0.309 e. The molecule has 1 N–H and O–H groups in total. The van der Waals surface area contributed by atoms with Gasteiger partial charge in [0.25, 0.3) is 0 Å². The largest absolute Gasteiger partial charge is 0.469 e. The highest BCUT2D eigenvalue weighted by Crippen LogP contribution is 2.55. The lowest BCUT2D eigenvalue weighted by Crippen LogP contribution is -2.60. The minimum absolute atomic E-state index is 0.0927. The van der Waals surface area contributed by atoms with Crippen LogP contribution in [0.15, 0.2) is 0 Å². The zero-order valence-electron chi connectivity index (χ0n) is 9.26. The van der Waals surface area contributed by atoms with E-state index in [2.05, 4.69) is 0 Å². The van der Waals surface area contributed by atoms with Gasteiger partial charge in [0.2, 0.25) is 0 Å². The number of aliphatic hydroxyl groups is 1. The quantitative estimate of drug-likeness (QED) is 0.654. The van der Waals surface area contributed by atoms with Gasteiger partial charge in [-0.1, -0.05) is 0 Å². The molecular weight excluding hydrogens is 208 g/mol. The number of hydrogen-bond donors (Lipinski definition) is 1. The SMILES string of the molecule is COC(=O)[C@@H]1[C@@H]2C[C@H]3C[C@@H](C2)[C@@H](O)[C@@H]1C3=O. The molecule has 0 aliphatic heterocycles. The number of methoxy groups -OCH3 is 1. The first-order valence-corrected chi connectivity index (χ1v) is 5.93. The lowest BCUT2D eigenvalue weighted by Gasteiger charge is -2.54. The van der Waals surface area contributed by atoms with Crippen molar-refractivity contribution in [3.8, 4) is 0 Å². The monoisotopic (exact) mass is 224 g/mol. The third-order valence-electron chi connectivity index (χ3n) is 4.73. The number of carbonyl (C=O) groups is 2. The second-order valence-corrected chi connectivity index (χ2v) is 5.39. The molecule has 0 radical (unpaired) electrons. The van der Waals surface area contributed by atoms with E-state index in [1.165, 1.54) is 7.11 Å². The summed E-state index contributed by atoms with van der Waals surface area (Å²) in [5, 5.41) is 10.1. The maximum Gasteiger partial charge on any atom is 0.309 e. The van der Waals surface area contributed by atoms with Gasteiger partial charge in [0.15, 0.2) is 0 Å². The van der Waals surface area contributed by atoms with Crippen LogP contribution >= 0.6 is 0 Å². The van der Waals surface area contributed by atoms with Crippen molar-refractivity contribution in [2.45, 2.75) is 25.4 Å². The molecule has 4 rings (SSSR count). The molecule has 16 heavy (non-hydrogen) atoms. The fourth-order valence-electron chi connectivity index (χ4n) is 4.10. The maximum absolute atomic E-state index is 12.0. The molecular formula is C12H16O4. The second-order valence-electron chi connectivity index (χ2n) is 5.39. The Hall–Kier alpha value is -0.900. The minimum atomic E-state index is -0.621. The van der Waals surface area contributed by atoms with E-state index in [1.54, 1.807) is 0 Å². The van der Waals surface area contributed by atoms with Crippen LogP contribution < -0.4 is 0 Å². The number of aliphatic hydroxyl groups excluding tert-OH is 1. The Morgan fingerprint density at radius 3 is 2.69 bits per heavy atom. The van der Waals surface area contributed by atoms with E-state index >= 15 is 0 Å². The Bertz CT molecular complexity index is 351. The molecule has 4 fully saturated rings. The Kier molecular flexibility index (Phi) is 2.11. The average Bonchev–Trinajstić information content (AvgIpc) is 2.29. The first-order chi connectivity index (χ1) is 7.63. The molecule has 0 aromatic heterocycles. The molecule has 4 heteroatoms. The first-order valence-electron chi connectivity index (χ1n) is 5.93. The highest BCUT2D eigenvalue weighted by atomic mass is 16.5. The van der Waals surface area contributed by atoms with Crippen LogP contribution in [-0.4, -0.2) is 30.1 Å². The van der Waals surface area contributed by atoms with Crippen molar-refractivity contribution in [1.29, 1.82) is 0 Å². The van der Waals surface area contributed by atoms with Gasteiger partial charge in [-0.05, 0) is 31.1 Å². The number of rotatable bonds is 1. The van der Waals surface area contributed by atoms with E-state index in [9.17, 15) is 14.7 Å². The van der Waals surface area contributed by atoms with Gasteiger partial charge < -0.3 is 9.84 Å². The van der Waals surface area contributed by atoms with Crippen LogP contribution in [0, 0.1) is 29.6 Å². The van der Waals surface area contributed by atoms with Crippen molar-refractivity contribution in [3.05, 3.63) is 0 Å². The van der Waals surface area contributed by atoms with E-state index < -0.39 is 12.0 Å². The van der Waals surface area contributed by atoms with E-state index in [4.69, 9.17) is 4.74 Å². The van der Waals surface area contributed by atoms with Gasteiger partial charge in [0.05, 0.1) is 25.0 Å². The molecule has 4 saturated carbocycles. The van der Waals surface area contributed by atoms with E-state index in [0.717, 1.165) is 19.3 Å². The zero-order valence-corrected chi connectivity index (χ0v) is 9.26. The Balaban J connectivity index is 1.97. The Morgan fingerprint density at radius 1 is 1.31 bits per heavy atom. The van der Waals surface area contributed by atoms with Crippen LogP contribution in [0.4, 0.5) is 0 Å². The van der Waals surface area contributed by atoms with Crippen molar-refractivity contribution < 1.29 is 19.4 Å². The van der Waals surface area contributed by atoms with Gasteiger partial charge >= 0.3 is 5.97 Å². The molecule has 0 heterocycles. The average molecular weight is 224 g/mol. The predicted molar refractivity (Wildman–Crippen MR) is 54.3 cm³/mol. The summed E-state index contributed by atoms with van der Waals surface area (Å²) in [5.41, 5.74) is 0. The summed E-state index contributed by atoms with van der Waals surface area (Å²) >= 11 is 0. The minimum Gasteiger partial charge on any atom is -0.469 e. The lowest BCUT2D eigenvalue weighted by molar-refractivity contribution is -0.181. The van der Waals surface area contributed by atoms with Gasteiger partial charge in [-0.25, -0.2) is 0 Å². The van der Waals surface area contributed by atoms with Crippen LogP contribution in [0.5, 0.6) is 0 Å². The fraction of sp³-hybridized carbons (Fsp3) is 0.833. The molecule has 0 saturated heterocycles. The van der Waals surface area contributed by atoms with Crippen LogP contribution in [0.1, 0.15) is 19.3 Å². The molecule has 0 amide bonds. The summed E-state index contributed by atoms with van der Waals surface area (Å²) in [7, 11) is 1.35. The van der Waals surface area contributed by atoms with Crippen LogP contribution in [0.3, 0.4) is 0 Å². The van der Waals surface area contributed by atoms with Crippen molar-refractivity contribution in [2.24, 2.45) is 29.6 Å². The van der Waals surface area contributed by atoms with Gasteiger partial charge in [-0.15, -0.1) is 0 Å². The summed E-state index contributed by atoms with van der Waals surface area (Å²) in [6, 6.07) is 0. The first kappa shape index (κ1) is 10.3. The molecule has 4 bridgehead atoms. The third kappa shape index (κ3) is 1.14. The number of esters is 1. The molecule has 0 unspecified atom stereocenters. The zero-order chi connectivity index (χ0) is 11.4.